The lowest BCUT2D eigenvalue weighted by Crippen LogP contribution is -2.14. The Bertz CT molecular complexity index is 1460. The molecule has 2 heterocycles. The van der Waals surface area contributed by atoms with Crippen LogP contribution in [0.25, 0.3) is 21.5 Å². The first kappa shape index (κ1) is 22.8. The van der Waals surface area contributed by atoms with E-state index in [-0.39, 0.29) is 36.9 Å². The minimum absolute atomic E-state index is 0.0173. The number of carbonyl (C=O) groups is 1. The van der Waals surface area contributed by atoms with E-state index >= 15 is 0 Å². The lowest BCUT2D eigenvalue weighted by molar-refractivity contribution is 0.0191. The number of anilines is 2. The van der Waals surface area contributed by atoms with Crippen molar-refractivity contribution < 1.29 is 22.0 Å². The Morgan fingerprint density at radius 2 is 1.73 bits per heavy atom. The van der Waals surface area contributed by atoms with Crippen LogP contribution in [0.1, 0.15) is 22.2 Å². The number of nitrogens with zero attached hydrogens (tertiary/aromatic N) is 1. The van der Waals surface area contributed by atoms with Crippen LogP contribution in [-0.4, -0.2) is 19.3 Å². The number of nitrogen functional groups attached to an aromatic ring is 1. The topological polar surface area (TPSA) is 128 Å². The Morgan fingerprint density at radius 3 is 2.30 bits per heavy atom. The summed E-state index contributed by atoms with van der Waals surface area (Å²) in [6.07, 6.45) is 0. The molecule has 0 fully saturated rings. The second-order valence-corrected chi connectivity index (χ2v) is 9.92. The van der Waals surface area contributed by atoms with Crippen LogP contribution in [0.15, 0.2) is 65.6 Å². The van der Waals surface area contributed by atoms with Crippen LogP contribution in [0.2, 0.25) is 0 Å². The van der Waals surface area contributed by atoms with Crippen molar-refractivity contribution >= 4 is 48.9 Å². The van der Waals surface area contributed by atoms with Gasteiger partial charge in [-0.2, -0.15) is 0 Å². The molecule has 0 radical (unpaired) electrons. The lowest BCUT2D eigenvalue weighted by Gasteiger charge is -2.14. The van der Waals surface area contributed by atoms with Crippen molar-refractivity contribution in [3.05, 3.63) is 71.1 Å². The van der Waals surface area contributed by atoms with Crippen LogP contribution in [0.3, 0.4) is 0 Å². The molecular formula is C22H18F2N4O3S2. The van der Waals surface area contributed by atoms with E-state index < -0.39 is 21.9 Å². The molecule has 4 rings (SSSR count). The fourth-order valence-corrected chi connectivity index (χ4v) is 4.84. The summed E-state index contributed by atoms with van der Waals surface area (Å²) in [5, 5.41) is 7.68. The zero-order valence-corrected chi connectivity index (χ0v) is 18.8. The fraction of sp³-hybridized carbons (Fsp3) is 0.0909. The van der Waals surface area contributed by atoms with E-state index in [0.29, 0.717) is 11.3 Å². The summed E-state index contributed by atoms with van der Waals surface area (Å²) in [7, 11) is -3.88. The van der Waals surface area contributed by atoms with Crippen LogP contribution in [0, 0.1) is 0 Å². The number of primary sulfonamides is 1. The predicted molar refractivity (Wildman–Crippen MR) is 125 cm³/mol. The van der Waals surface area contributed by atoms with Gasteiger partial charge in [0.15, 0.2) is 0 Å². The van der Waals surface area contributed by atoms with E-state index in [1.54, 1.807) is 30.3 Å². The molecule has 170 valence electrons. The molecule has 0 atom stereocenters. The number of hydrogen-bond acceptors (Lipinski definition) is 6. The molecule has 11 heteroatoms. The van der Waals surface area contributed by atoms with Gasteiger partial charge in [0.05, 0.1) is 16.3 Å². The molecule has 0 aliphatic rings. The van der Waals surface area contributed by atoms with Crippen LogP contribution < -0.4 is 16.2 Å². The first-order valence-corrected chi connectivity index (χ1v) is 11.9. The second-order valence-electron chi connectivity index (χ2n) is 7.36. The first-order chi connectivity index (χ1) is 15.4. The number of nitrogens with one attached hydrogen (secondary N) is 1. The maximum absolute atomic E-state index is 14.5. The standard InChI is InChI=1S/C22H18F2N4O3S2/c1-22(23,24)15-11-16(12-5-3-2-4-6-12)28-21-17(15)18(25)19(32-21)20(29)27-13-7-9-14(10-8-13)33(26,30)31/h2-11H,25H2,1H3,(H,27,29)(H2,26,30,31). The molecule has 0 unspecified atom stereocenters. The van der Waals surface area contributed by atoms with Crippen molar-refractivity contribution in [2.75, 3.05) is 11.1 Å². The summed E-state index contributed by atoms with van der Waals surface area (Å²) >= 11 is 0.900. The SMILES string of the molecule is CC(F)(F)c1cc(-c2ccccc2)nc2sc(C(=O)Nc3ccc(S(N)(=O)=O)cc3)c(N)c12. The second kappa shape index (κ2) is 8.18. The van der Waals surface area contributed by atoms with E-state index in [2.05, 4.69) is 10.3 Å². The molecule has 0 spiro atoms. The summed E-state index contributed by atoms with van der Waals surface area (Å²) in [6.45, 7) is 0.764. The van der Waals surface area contributed by atoms with Gasteiger partial charge in [0.1, 0.15) is 9.71 Å². The van der Waals surface area contributed by atoms with E-state index in [0.717, 1.165) is 18.3 Å². The van der Waals surface area contributed by atoms with Crippen LogP contribution >= 0.6 is 11.3 Å². The van der Waals surface area contributed by atoms with E-state index in [4.69, 9.17) is 10.9 Å². The molecule has 0 saturated carbocycles. The Morgan fingerprint density at radius 1 is 1.09 bits per heavy atom. The summed E-state index contributed by atoms with van der Waals surface area (Å²) < 4.78 is 51.8. The third-order valence-electron chi connectivity index (χ3n) is 4.89. The molecule has 0 bridgehead atoms. The van der Waals surface area contributed by atoms with Crippen molar-refractivity contribution in [2.45, 2.75) is 17.7 Å². The first-order valence-electron chi connectivity index (χ1n) is 9.56. The number of halogens is 2. The molecule has 0 aliphatic carbocycles. The van der Waals surface area contributed by atoms with Gasteiger partial charge in [-0.1, -0.05) is 30.3 Å². The van der Waals surface area contributed by atoms with Gasteiger partial charge in [-0.25, -0.2) is 27.3 Å². The molecule has 33 heavy (non-hydrogen) atoms. The molecular weight excluding hydrogens is 470 g/mol. The summed E-state index contributed by atoms with van der Waals surface area (Å²) in [5.41, 5.74) is 6.99. The van der Waals surface area contributed by atoms with Gasteiger partial charge in [0, 0.05) is 29.1 Å². The number of alkyl halides is 2. The van der Waals surface area contributed by atoms with Gasteiger partial charge in [0.2, 0.25) is 10.0 Å². The van der Waals surface area contributed by atoms with Gasteiger partial charge in [0.25, 0.3) is 11.8 Å². The monoisotopic (exact) mass is 488 g/mol. The fourth-order valence-electron chi connectivity index (χ4n) is 3.31. The van der Waals surface area contributed by atoms with E-state index in [9.17, 15) is 22.0 Å². The minimum atomic E-state index is -3.88. The number of aromatic nitrogens is 1. The Labute approximate surface area is 192 Å². The number of hydrogen-bond donors (Lipinski definition) is 3. The normalized spacial score (nSPS) is 12.1. The van der Waals surface area contributed by atoms with Crippen molar-refractivity contribution in [3.63, 3.8) is 0 Å². The molecule has 2 aromatic carbocycles. The number of carbonyl (C=O) groups excluding carboxylic acids is 1. The van der Waals surface area contributed by atoms with Crippen molar-refractivity contribution in [2.24, 2.45) is 5.14 Å². The number of amides is 1. The maximum Gasteiger partial charge on any atom is 0.271 e. The number of fused-ring (bicyclic) bond motifs is 1. The molecule has 0 saturated heterocycles. The largest absolute Gasteiger partial charge is 0.397 e. The Kier molecular flexibility index (Phi) is 5.64. The zero-order chi connectivity index (χ0) is 24.0. The zero-order valence-electron chi connectivity index (χ0n) is 17.2. The molecule has 5 N–H and O–H groups in total. The summed E-state index contributed by atoms with van der Waals surface area (Å²) in [4.78, 5) is 17.4. The van der Waals surface area contributed by atoms with Crippen LogP contribution in [-0.2, 0) is 15.9 Å². The van der Waals surface area contributed by atoms with Gasteiger partial charge < -0.3 is 11.1 Å². The highest BCUT2D eigenvalue weighted by Crippen LogP contribution is 2.42. The van der Waals surface area contributed by atoms with E-state index in [1.807, 2.05) is 0 Å². The van der Waals surface area contributed by atoms with Crippen molar-refractivity contribution in [1.82, 2.24) is 4.98 Å². The minimum Gasteiger partial charge on any atom is -0.397 e. The average molecular weight is 489 g/mol. The van der Waals surface area contributed by atoms with E-state index in [1.165, 1.54) is 30.3 Å². The number of nitrogens with two attached hydrogens (primary N) is 2. The number of pyridine rings is 1. The van der Waals surface area contributed by atoms with Crippen LogP contribution in [0.5, 0.6) is 0 Å². The van der Waals surface area contributed by atoms with Gasteiger partial charge in [-0.15, -0.1) is 11.3 Å². The van der Waals surface area contributed by atoms with Crippen molar-refractivity contribution in [3.8, 4) is 11.3 Å². The third-order valence-corrected chi connectivity index (χ3v) is 6.92. The number of benzene rings is 2. The smallest absolute Gasteiger partial charge is 0.271 e. The van der Waals surface area contributed by atoms with Crippen LogP contribution in [0.4, 0.5) is 20.2 Å². The summed E-state index contributed by atoms with van der Waals surface area (Å²) in [5.74, 6) is -3.86. The molecule has 2 aromatic heterocycles. The molecule has 7 nitrogen and oxygen atoms in total. The number of thiophene rings is 1. The highest BCUT2D eigenvalue weighted by atomic mass is 32.2. The van der Waals surface area contributed by atoms with Gasteiger partial charge in [-0.3, -0.25) is 4.79 Å². The lowest BCUT2D eigenvalue weighted by atomic mass is 10.0. The number of sulfonamides is 1. The number of rotatable bonds is 5. The third kappa shape index (κ3) is 4.56. The predicted octanol–water partition coefficient (Wildman–Crippen LogP) is 4.56. The highest BCUT2D eigenvalue weighted by molar-refractivity contribution is 7.89. The molecule has 1 amide bonds. The average Bonchev–Trinajstić information content (AvgIpc) is 3.09. The van der Waals surface area contributed by atoms with Gasteiger partial charge >= 0.3 is 0 Å². The maximum atomic E-state index is 14.5. The Hall–Kier alpha value is -3.41. The molecule has 4 aromatic rings. The highest BCUT2D eigenvalue weighted by Gasteiger charge is 2.32. The summed E-state index contributed by atoms with van der Waals surface area (Å²) in [6, 6.07) is 15.3. The Balaban J connectivity index is 1.77. The van der Waals surface area contributed by atoms with Crippen molar-refractivity contribution in [1.29, 1.82) is 0 Å². The molecule has 0 aliphatic heterocycles. The van der Waals surface area contributed by atoms with Gasteiger partial charge in [-0.05, 0) is 30.3 Å². The quantitative estimate of drug-likeness (QED) is 0.379.